The van der Waals surface area contributed by atoms with Crippen molar-refractivity contribution in [1.29, 1.82) is 0 Å². The fraction of sp³-hybridized carbons (Fsp3) is 0.909. The van der Waals surface area contributed by atoms with Crippen molar-refractivity contribution >= 4 is 5.91 Å². The molecule has 2 heteroatoms. The van der Waals surface area contributed by atoms with Crippen LogP contribution in [0.1, 0.15) is 41.0 Å². The molecule has 1 amide bonds. The van der Waals surface area contributed by atoms with Crippen LogP contribution < -0.4 is 5.32 Å². The molecule has 0 spiro atoms. The Balaban J connectivity index is 4.47. The van der Waals surface area contributed by atoms with Crippen molar-refractivity contribution in [1.82, 2.24) is 5.32 Å². The third kappa shape index (κ3) is 4.30. The van der Waals surface area contributed by atoms with E-state index in [9.17, 15) is 4.79 Å². The summed E-state index contributed by atoms with van der Waals surface area (Å²) in [6.07, 6.45) is 0.961. The predicted molar refractivity (Wildman–Crippen MR) is 56.5 cm³/mol. The highest BCUT2D eigenvalue weighted by Crippen LogP contribution is 2.31. The Morgan fingerprint density at radius 2 is 1.77 bits per heavy atom. The molecule has 0 aliphatic heterocycles. The van der Waals surface area contributed by atoms with E-state index in [2.05, 4.69) is 39.9 Å². The second-order valence-electron chi connectivity index (χ2n) is 5.16. The summed E-state index contributed by atoms with van der Waals surface area (Å²) in [5, 5.41) is 2.74. The van der Waals surface area contributed by atoms with E-state index in [-0.39, 0.29) is 17.2 Å². The SMILES string of the molecule is CNC(=O)C(CC(C)C)C(C)(C)C. The van der Waals surface area contributed by atoms with Crippen molar-refractivity contribution in [2.24, 2.45) is 17.3 Å². The predicted octanol–water partition coefficient (Wildman–Crippen LogP) is 2.44. The maximum absolute atomic E-state index is 11.6. The van der Waals surface area contributed by atoms with E-state index in [1.54, 1.807) is 7.05 Å². The molecule has 13 heavy (non-hydrogen) atoms. The van der Waals surface area contributed by atoms with Crippen LogP contribution in [-0.4, -0.2) is 13.0 Å². The fourth-order valence-corrected chi connectivity index (χ4v) is 1.50. The van der Waals surface area contributed by atoms with Crippen molar-refractivity contribution in [3.05, 3.63) is 0 Å². The normalized spacial score (nSPS) is 14.4. The van der Waals surface area contributed by atoms with Gasteiger partial charge in [-0.25, -0.2) is 0 Å². The van der Waals surface area contributed by atoms with Crippen molar-refractivity contribution in [2.75, 3.05) is 7.05 Å². The number of amides is 1. The quantitative estimate of drug-likeness (QED) is 0.719. The largest absolute Gasteiger partial charge is 0.359 e. The topological polar surface area (TPSA) is 29.1 Å². The molecule has 78 valence electrons. The van der Waals surface area contributed by atoms with Gasteiger partial charge in [-0.2, -0.15) is 0 Å². The van der Waals surface area contributed by atoms with Gasteiger partial charge in [0.15, 0.2) is 0 Å². The minimum atomic E-state index is 0.0599. The van der Waals surface area contributed by atoms with Crippen LogP contribution in [0.5, 0.6) is 0 Å². The van der Waals surface area contributed by atoms with Crippen LogP contribution in [0.15, 0.2) is 0 Å². The zero-order valence-electron chi connectivity index (χ0n) is 9.77. The highest BCUT2D eigenvalue weighted by molar-refractivity contribution is 5.79. The Morgan fingerprint density at radius 3 is 2.00 bits per heavy atom. The number of nitrogens with one attached hydrogen (secondary N) is 1. The van der Waals surface area contributed by atoms with E-state index in [1.807, 2.05) is 0 Å². The molecule has 0 bridgehead atoms. The molecule has 0 saturated carbocycles. The Kier molecular flexibility index (Phi) is 4.45. The van der Waals surface area contributed by atoms with Gasteiger partial charge < -0.3 is 5.32 Å². The summed E-state index contributed by atoms with van der Waals surface area (Å²) in [7, 11) is 1.71. The zero-order valence-corrected chi connectivity index (χ0v) is 9.77. The number of hydrogen-bond acceptors (Lipinski definition) is 1. The van der Waals surface area contributed by atoms with E-state index in [4.69, 9.17) is 0 Å². The van der Waals surface area contributed by atoms with Crippen LogP contribution in [-0.2, 0) is 4.79 Å². The van der Waals surface area contributed by atoms with Gasteiger partial charge in [-0.05, 0) is 17.8 Å². The molecule has 0 heterocycles. The van der Waals surface area contributed by atoms with Crippen molar-refractivity contribution in [3.63, 3.8) is 0 Å². The first-order valence-electron chi connectivity index (χ1n) is 5.00. The molecule has 0 aliphatic rings. The first-order valence-corrected chi connectivity index (χ1v) is 5.00. The van der Waals surface area contributed by atoms with E-state index < -0.39 is 0 Å². The maximum Gasteiger partial charge on any atom is 0.223 e. The second kappa shape index (κ2) is 4.64. The Morgan fingerprint density at radius 1 is 1.31 bits per heavy atom. The van der Waals surface area contributed by atoms with Crippen LogP contribution in [0, 0.1) is 17.3 Å². The van der Waals surface area contributed by atoms with Gasteiger partial charge in [0.25, 0.3) is 0 Å². The summed E-state index contributed by atoms with van der Waals surface area (Å²) in [6.45, 7) is 10.7. The molecule has 2 nitrogen and oxygen atoms in total. The van der Waals surface area contributed by atoms with Crippen molar-refractivity contribution in [2.45, 2.75) is 41.0 Å². The summed E-state index contributed by atoms with van der Waals surface area (Å²) in [4.78, 5) is 11.6. The van der Waals surface area contributed by atoms with Gasteiger partial charge in [0, 0.05) is 13.0 Å². The molecule has 0 fully saturated rings. The van der Waals surface area contributed by atoms with Crippen LogP contribution in [0.25, 0.3) is 0 Å². The number of carbonyl (C=O) groups excluding carboxylic acids is 1. The van der Waals surface area contributed by atoms with Crippen LogP contribution in [0.3, 0.4) is 0 Å². The lowest BCUT2D eigenvalue weighted by Gasteiger charge is -2.30. The molecular weight excluding hydrogens is 162 g/mol. The van der Waals surface area contributed by atoms with E-state index in [0.717, 1.165) is 6.42 Å². The van der Waals surface area contributed by atoms with E-state index >= 15 is 0 Å². The third-order valence-electron chi connectivity index (χ3n) is 2.32. The average molecular weight is 185 g/mol. The Labute approximate surface area is 82.1 Å². The lowest BCUT2D eigenvalue weighted by molar-refractivity contribution is -0.128. The van der Waals surface area contributed by atoms with Crippen LogP contribution >= 0.6 is 0 Å². The van der Waals surface area contributed by atoms with Crippen LogP contribution in [0.2, 0.25) is 0 Å². The fourth-order valence-electron chi connectivity index (χ4n) is 1.50. The van der Waals surface area contributed by atoms with Crippen LogP contribution in [0.4, 0.5) is 0 Å². The molecule has 0 aromatic rings. The van der Waals surface area contributed by atoms with Gasteiger partial charge in [0.2, 0.25) is 5.91 Å². The molecule has 1 atom stereocenters. The lowest BCUT2D eigenvalue weighted by atomic mass is 9.76. The molecule has 0 aromatic heterocycles. The first-order chi connectivity index (χ1) is 5.79. The molecule has 1 N–H and O–H groups in total. The summed E-state index contributed by atoms with van der Waals surface area (Å²) in [6, 6.07) is 0. The summed E-state index contributed by atoms with van der Waals surface area (Å²) >= 11 is 0. The molecular formula is C11H23NO. The minimum Gasteiger partial charge on any atom is -0.359 e. The standard InChI is InChI=1S/C11H23NO/c1-8(2)7-9(10(13)12-6)11(3,4)5/h8-9H,7H2,1-6H3,(H,12,13). The number of hydrogen-bond donors (Lipinski definition) is 1. The molecule has 1 unspecified atom stereocenters. The smallest absolute Gasteiger partial charge is 0.223 e. The van der Waals surface area contributed by atoms with Gasteiger partial charge in [-0.1, -0.05) is 34.6 Å². The average Bonchev–Trinajstić information content (AvgIpc) is 1.96. The summed E-state index contributed by atoms with van der Waals surface area (Å²) in [5.41, 5.74) is 0.0599. The number of carbonyl (C=O) groups is 1. The lowest BCUT2D eigenvalue weighted by Crippen LogP contribution is -2.36. The Bertz CT molecular complexity index is 167. The van der Waals surface area contributed by atoms with Crippen molar-refractivity contribution < 1.29 is 4.79 Å². The van der Waals surface area contributed by atoms with Gasteiger partial charge in [-0.3, -0.25) is 4.79 Å². The van der Waals surface area contributed by atoms with E-state index in [1.165, 1.54) is 0 Å². The highest BCUT2D eigenvalue weighted by atomic mass is 16.1. The van der Waals surface area contributed by atoms with Gasteiger partial charge in [-0.15, -0.1) is 0 Å². The molecule has 0 aliphatic carbocycles. The van der Waals surface area contributed by atoms with E-state index in [0.29, 0.717) is 5.92 Å². The minimum absolute atomic E-state index is 0.0599. The summed E-state index contributed by atoms with van der Waals surface area (Å²) in [5.74, 6) is 0.861. The zero-order chi connectivity index (χ0) is 10.6. The maximum atomic E-state index is 11.6. The molecule has 0 radical (unpaired) electrons. The molecule has 0 aromatic carbocycles. The summed E-state index contributed by atoms with van der Waals surface area (Å²) < 4.78 is 0. The molecule has 0 saturated heterocycles. The highest BCUT2D eigenvalue weighted by Gasteiger charge is 2.30. The van der Waals surface area contributed by atoms with Crippen molar-refractivity contribution in [3.8, 4) is 0 Å². The number of rotatable bonds is 3. The second-order valence-corrected chi connectivity index (χ2v) is 5.16. The monoisotopic (exact) mass is 185 g/mol. The van der Waals surface area contributed by atoms with Gasteiger partial charge >= 0.3 is 0 Å². The third-order valence-corrected chi connectivity index (χ3v) is 2.32. The molecule has 0 rings (SSSR count). The van der Waals surface area contributed by atoms with Gasteiger partial charge in [0.05, 0.1) is 0 Å². The first kappa shape index (κ1) is 12.5. The Hall–Kier alpha value is -0.530. The van der Waals surface area contributed by atoms with Gasteiger partial charge in [0.1, 0.15) is 0 Å².